The molecule has 0 fully saturated rings. The Labute approximate surface area is 121 Å². The Bertz CT molecular complexity index is 583. The summed E-state index contributed by atoms with van der Waals surface area (Å²) in [7, 11) is 1.71. The van der Waals surface area contributed by atoms with Crippen LogP contribution in [0, 0.1) is 5.92 Å². The minimum Gasteiger partial charge on any atom is -0.497 e. The van der Waals surface area contributed by atoms with Crippen LogP contribution in [0.3, 0.4) is 0 Å². The summed E-state index contributed by atoms with van der Waals surface area (Å²) in [4.78, 5) is 0. The second-order valence-electron chi connectivity index (χ2n) is 5.73. The number of methoxy groups -OCH3 is 1. The van der Waals surface area contributed by atoms with Gasteiger partial charge in [-0.2, -0.15) is 0 Å². The van der Waals surface area contributed by atoms with Gasteiger partial charge in [-0.1, -0.05) is 43.7 Å². The predicted octanol–water partition coefficient (Wildman–Crippen LogP) is 4.88. The first-order valence-electron chi connectivity index (χ1n) is 7.56. The van der Waals surface area contributed by atoms with Crippen LogP contribution in [0.1, 0.15) is 30.9 Å². The summed E-state index contributed by atoms with van der Waals surface area (Å²) in [6.45, 7) is 2.31. The van der Waals surface area contributed by atoms with E-state index < -0.39 is 0 Å². The van der Waals surface area contributed by atoms with Crippen LogP contribution in [-0.2, 0) is 12.8 Å². The average Bonchev–Trinajstić information content (AvgIpc) is 2.54. The monoisotopic (exact) mass is 266 g/mol. The number of ether oxygens (including phenoxy) is 1. The fourth-order valence-electron chi connectivity index (χ4n) is 3.14. The molecule has 104 valence electrons. The lowest BCUT2D eigenvalue weighted by Gasteiger charge is -2.24. The molecule has 0 saturated heterocycles. The first-order valence-corrected chi connectivity index (χ1v) is 7.56. The maximum absolute atomic E-state index is 5.22. The van der Waals surface area contributed by atoms with E-state index in [0.29, 0.717) is 0 Å². The largest absolute Gasteiger partial charge is 0.497 e. The number of hydrogen-bond acceptors (Lipinski definition) is 1. The number of rotatable bonds is 3. The maximum atomic E-state index is 5.22. The Morgan fingerprint density at radius 1 is 1.00 bits per heavy atom. The maximum Gasteiger partial charge on any atom is 0.118 e. The molecule has 1 unspecified atom stereocenters. The van der Waals surface area contributed by atoms with Gasteiger partial charge in [-0.3, -0.25) is 0 Å². The highest BCUT2D eigenvalue weighted by Gasteiger charge is 2.17. The lowest BCUT2D eigenvalue weighted by atomic mass is 9.81. The molecule has 20 heavy (non-hydrogen) atoms. The lowest BCUT2D eigenvalue weighted by Crippen LogP contribution is -2.13. The first kappa shape index (κ1) is 13.2. The SMILES string of the molecule is CCC1CCc2cc(-c3ccc(OC)cc3)ccc2C1. The number of fused-ring (bicyclic) bond motifs is 1. The molecule has 2 aromatic carbocycles. The predicted molar refractivity (Wildman–Crippen MR) is 84.2 cm³/mol. The van der Waals surface area contributed by atoms with Gasteiger partial charge in [-0.05, 0) is 59.6 Å². The van der Waals surface area contributed by atoms with Crippen LogP contribution in [0.5, 0.6) is 5.75 Å². The zero-order valence-electron chi connectivity index (χ0n) is 12.4. The summed E-state index contributed by atoms with van der Waals surface area (Å²) in [5.41, 5.74) is 5.69. The van der Waals surface area contributed by atoms with Gasteiger partial charge in [0.1, 0.15) is 5.75 Å². The molecule has 0 bridgehead atoms. The molecule has 0 radical (unpaired) electrons. The van der Waals surface area contributed by atoms with E-state index >= 15 is 0 Å². The lowest BCUT2D eigenvalue weighted by molar-refractivity contribution is 0.415. The molecule has 1 aliphatic carbocycles. The Hall–Kier alpha value is -1.76. The van der Waals surface area contributed by atoms with Crippen molar-refractivity contribution in [3.63, 3.8) is 0 Å². The van der Waals surface area contributed by atoms with Gasteiger partial charge in [0, 0.05) is 0 Å². The van der Waals surface area contributed by atoms with E-state index in [4.69, 9.17) is 4.74 Å². The van der Waals surface area contributed by atoms with Crippen molar-refractivity contribution in [2.24, 2.45) is 5.92 Å². The van der Waals surface area contributed by atoms with Crippen molar-refractivity contribution >= 4 is 0 Å². The van der Waals surface area contributed by atoms with Gasteiger partial charge < -0.3 is 4.74 Å². The fraction of sp³-hybridized carbons (Fsp3) is 0.368. The summed E-state index contributed by atoms with van der Waals surface area (Å²) in [5.74, 6) is 1.80. The zero-order chi connectivity index (χ0) is 13.9. The molecule has 0 aliphatic heterocycles. The van der Waals surface area contributed by atoms with E-state index in [1.165, 1.54) is 36.8 Å². The van der Waals surface area contributed by atoms with Gasteiger partial charge in [-0.25, -0.2) is 0 Å². The molecule has 0 aromatic heterocycles. The van der Waals surface area contributed by atoms with Crippen LogP contribution in [0.25, 0.3) is 11.1 Å². The second kappa shape index (κ2) is 5.70. The van der Waals surface area contributed by atoms with Crippen LogP contribution in [-0.4, -0.2) is 7.11 Å². The Kier molecular flexibility index (Phi) is 3.77. The molecule has 0 heterocycles. The molecule has 1 heteroatoms. The smallest absolute Gasteiger partial charge is 0.118 e. The molecule has 2 aromatic rings. The van der Waals surface area contributed by atoms with Crippen molar-refractivity contribution in [1.82, 2.24) is 0 Å². The number of aryl methyl sites for hydroxylation is 1. The minimum atomic E-state index is 0.884. The summed E-state index contributed by atoms with van der Waals surface area (Å²) in [5, 5.41) is 0. The molecule has 3 rings (SSSR count). The van der Waals surface area contributed by atoms with Crippen molar-refractivity contribution in [2.45, 2.75) is 32.6 Å². The van der Waals surface area contributed by atoms with Crippen molar-refractivity contribution < 1.29 is 4.74 Å². The van der Waals surface area contributed by atoms with E-state index in [-0.39, 0.29) is 0 Å². The highest BCUT2D eigenvalue weighted by atomic mass is 16.5. The third-order valence-corrected chi connectivity index (χ3v) is 4.54. The van der Waals surface area contributed by atoms with Crippen molar-refractivity contribution in [2.75, 3.05) is 7.11 Å². The first-order chi connectivity index (χ1) is 9.80. The average molecular weight is 266 g/mol. The Morgan fingerprint density at radius 2 is 1.75 bits per heavy atom. The molecular formula is C19H22O. The quantitative estimate of drug-likeness (QED) is 0.769. The fourth-order valence-corrected chi connectivity index (χ4v) is 3.14. The summed E-state index contributed by atoms with van der Waals surface area (Å²) < 4.78 is 5.22. The topological polar surface area (TPSA) is 9.23 Å². The van der Waals surface area contributed by atoms with Gasteiger partial charge in [-0.15, -0.1) is 0 Å². The van der Waals surface area contributed by atoms with E-state index in [1.807, 2.05) is 12.1 Å². The molecule has 0 saturated carbocycles. The molecule has 0 N–H and O–H groups in total. The summed E-state index contributed by atoms with van der Waals surface area (Å²) in [6, 6.07) is 15.3. The number of hydrogen-bond donors (Lipinski definition) is 0. The summed E-state index contributed by atoms with van der Waals surface area (Å²) >= 11 is 0. The molecule has 1 atom stereocenters. The van der Waals surface area contributed by atoms with Gasteiger partial charge in [0.05, 0.1) is 7.11 Å². The minimum absolute atomic E-state index is 0.884. The number of benzene rings is 2. The Balaban J connectivity index is 1.88. The molecular weight excluding hydrogens is 244 g/mol. The molecule has 1 nitrogen and oxygen atoms in total. The highest BCUT2D eigenvalue weighted by molar-refractivity contribution is 5.65. The van der Waals surface area contributed by atoms with Gasteiger partial charge in [0.2, 0.25) is 0 Å². The van der Waals surface area contributed by atoms with E-state index in [2.05, 4.69) is 37.3 Å². The van der Waals surface area contributed by atoms with E-state index in [0.717, 1.165) is 11.7 Å². The van der Waals surface area contributed by atoms with E-state index in [1.54, 1.807) is 18.2 Å². The molecule has 1 aliphatic rings. The van der Waals surface area contributed by atoms with Gasteiger partial charge >= 0.3 is 0 Å². The third kappa shape index (κ3) is 2.58. The third-order valence-electron chi connectivity index (χ3n) is 4.54. The normalized spacial score (nSPS) is 17.6. The second-order valence-corrected chi connectivity index (χ2v) is 5.73. The Morgan fingerprint density at radius 3 is 2.45 bits per heavy atom. The van der Waals surface area contributed by atoms with Crippen LogP contribution in [0.4, 0.5) is 0 Å². The van der Waals surface area contributed by atoms with Crippen LogP contribution in [0.2, 0.25) is 0 Å². The highest BCUT2D eigenvalue weighted by Crippen LogP contribution is 2.31. The van der Waals surface area contributed by atoms with E-state index in [9.17, 15) is 0 Å². The van der Waals surface area contributed by atoms with Gasteiger partial charge in [0.15, 0.2) is 0 Å². The van der Waals surface area contributed by atoms with Crippen LogP contribution < -0.4 is 4.74 Å². The standard InChI is InChI=1S/C19H22O/c1-3-14-4-5-18-13-17(7-6-16(18)12-14)15-8-10-19(20-2)11-9-15/h6-11,13-14H,3-5,12H2,1-2H3. The molecule has 0 spiro atoms. The van der Waals surface area contributed by atoms with Crippen LogP contribution in [0.15, 0.2) is 42.5 Å². The summed E-state index contributed by atoms with van der Waals surface area (Å²) in [6.07, 6.45) is 5.14. The van der Waals surface area contributed by atoms with Crippen molar-refractivity contribution in [1.29, 1.82) is 0 Å². The van der Waals surface area contributed by atoms with Gasteiger partial charge in [0.25, 0.3) is 0 Å². The van der Waals surface area contributed by atoms with Crippen molar-refractivity contribution in [3.8, 4) is 16.9 Å². The zero-order valence-corrected chi connectivity index (χ0v) is 12.4. The molecule has 0 amide bonds. The van der Waals surface area contributed by atoms with Crippen molar-refractivity contribution in [3.05, 3.63) is 53.6 Å². The van der Waals surface area contributed by atoms with Crippen LogP contribution >= 0.6 is 0 Å².